The molecule has 1 rings (SSSR count). The molecule has 1 atom stereocenters. The summed E-state index contributed by atoms with van der Waals surface area (Å²) in [7, 11) is 2.92. The van der Waals surface area contributed by atoms with Gasteiger partial charge in [0.05, 0.1) is 19.8 Å². The molecule has 1 aromatic carbocycles. The minimum atomic E-state index is -0.492. The molecule has 0 fully saturated rings. The van der Waals surface area contributed by atoms with E-state index in [2.05, 4.69) is 11.3 Å². The van der Waals surface area contributed by atoms with Crippen molar-refractivity contribution < 1.29 is 19.0 Å². The van der Waals surface area contributed by atoms with Gasteiger partial charge < -0.3 is 14.2 Å². The first-order chi connectivity index (χ1) is 8.63. The summed E-state index contributed by atoms with van der Waals surface area (Å²) in [6.07, 6.45) is -0.492. The fraction of sp³-hybridized carbons (Fsp3) is 0.357. The highest BCUT2D eigenvalue weighted by Gasteiger charge is 2.21. The first-order valence-electron chi connectivity index (χ1n) is 5.66. The number of ether oxygens (including phenoxy) is 3. The zero-order valence-corrected chi connectivity index (χ0v) is 10.9. The van der Waals surface area contributed by atoms with Crippen molar-refractivity contribution in [3.05, 3.63) is 42.0 Å². The SMILES string of the molecule is C=C(C(=O)OC)C(OCC)c1ccc(OC)cc1. The van der Waals surface area contributed by atoms with E-state index in [0.717, 1.165) is 11.3 Å². The van der Waals surface area contributed by atoms with E-state index < -0.39 is 12.1 Å². The van der Waals surface area contributed by atoms with Crippen LogP contribution in [0.5, 0.6) is 5.75 Å². The van der Waals surface area contributed by atoms with Crippen LogP contribution in [-0.2, 0) is 14.3 Å². The van der Waals surface area contributed by atoms with E-state index in [4.69, 9.17) is 9.47 Å². The van der Waals surface area contributed by atoms with Crippen LogP contribution in [0.25, 0.3) is 0 Å². The lowest BCUT2D eigenvalue weighted by atomic mass is 10.0. The Balaban J connectivity index is 2.96. The van der Waals surface area contributed by atoms with E-state index in [9.17, 15) is 4.79 Å². The molecule has 0 radical (unpaired) electrons. The van der Waals surface area contributed by atoms with Crippen molar-refractivity contribution in [3.63, 3.8) is 0 Å². The van der Waals surface area contributed by atoms with E-state index in [1.54, 1.807) is 7.11 Å². The highest BCUT2D eigenvalue weighted by molar-refractivity contribution is 5.89. The third-order valence-corrected chi connectivity index (χ3v) is 2.52. The van der Waals surface area contributed by atoms with Crippen LogP contribution in [0.15, 0.2) is 36.4 Å². The number of carbonyl (C=O) groups excluding carboxylic acids is 1. The maximum absolute atomic E-state index is 11.5. The molecule has 4 heteroatoms. The predicted molar refractivity (Wildman–Crippen MR) is 68.5 cm³/mol. The summed E-state index contributed by atoms with van der Waals surface area (Å²) in [5.41, 5.74) is 1.12. The summed E-state index contributed by atoms with van der Waals surface area (Å²) >= 11 is 0. The van der Waals surface area contributed by atoms with Gasteiger partial charge in [-0.05, 0) is 24.6 Å². The number of benzene rings is 1. The molecule has 0 bridgehead atoms. The molecule has 4 nitrogen and oxygen atoms in total. The van der Waals surface area contributed by atoms with E-state index in [0.29, 0.717) is 6.61 Å². The third kappa shape index (κ3) is 3.34. The molecule has 0 saturated carbocycles. The van der Waals surface area contributed by atoms with Crippen molar-refractivity contribution in [3.8, 4) is 5.75 Å². The van der Waals surface area contributed by atoms with Crippen LogP contribution in [0.1, 0.15) is 18.6 Å². The van der Waals surface area contributed by atoms with E-state index in [1.165, 1.54) is 7.11 Å². The van der Waals surface area contributed by atoms with Gasteiger partial charge >= 0.3 is 5.97 Å². The molecule has 98 valence electrons. The highest BCUT2D eigenvalue weighted by Crippen LogP contribution is 2.27. The van der Waals surface area contributed by atoms with Gasteiger partial charge in [0, 0.05) is 6.61 Å². The number of esters is 1. The van der Waals surface area contributed by atoms with Gasteiger partial charge in [-0.25, -0.2) is 4.79 Å². The van der Waals surface area contributed by atoms with Crippen LogP contribution in [-0.4, -0.2) is 26.8 Å². The molecule has 1 aromatic rings. The number of rotatable bonds is 6. The van der Waals surface area contributed by atoms with E-state index in [-0.39, 0.29) is 5.57 Å². The normalized spacial score (nSPS) is 11.7. The Bertz CT molecular complexity index is 408. The summed E-state index contributed by atoms with van der Waals surface area (Å²) in [4.78, 5) is 11.5. The summed E-state index contributed by atoms with van der Waals surface area (Å²) in [6.45, 7) is 6.07. The molecule has 0 aliphatic heterocycles. The summed E-state index contributed by atoms with van der Waals surface area (Å²) in [5.74, 6) is 0.280. The Morgan fingerprint density at radius 2 is 1.89 bits per heavy atom. The molecule has 0 aliphatic rings. The lowest BCUT2D eigenvalue weighted by Gasteiger charge is -2.18. The maximum Gasteiger partial charge on any atom is 0.336 e. The Morgan fingerprint density at radius 3 is 2.33 bits per heavy atom. The zero-order chi connectivity index (χ0) is 13.5. The molecule has 0 spiro atoms. The van der Waals surface area contributed by atoms with E-state index in [1.807, 2.05) is 31.2 Å². The predicted octanol–water partition coefficient (Wildman–Crippen LogP) is 2.50. The van der Waals surface area contributed by atoms with Gasteiger partial charge in [-0.1, -0.05) is 18.7 Å². The second-order valence-corrected chi connectivity index (χ2v) is 3.63. The van der Waals surface area contributed by atoms with Crippen LogP contribution in [0.3, 0.4) is 0 Å². The molecular formula is C14H18O4. The van der Waals surface area contributed by atoms with Crippen LogP contribution >= 0.6 is 0 Å². The molecule has 0 N–H and O–H groups in total. The molecule has 0 saturated heterocycles. The Kier molecular flexibility index (Phi) is 5.39. The largest absolute Gasteiger partial charge is 0.497 e. The third-order valence-electron chi connectivity index (χ3n) is 2.52. The Hall–Kier alpha value is -1.81. The second-order valence-electron chi connectivity index (χ2n) is 3.63. The molecule has 1 unspecified atom stereocenters. The van der Waals surface area contributed by atoms with Crippen LogP contribution < -0.4 is 4.74 Å². The lowest BCUT2D eigenvalue weighted by molar-refractivity contribution is -0.137. The average Bonchev–Trinajstić information content (AvgIpc) is 2.43. The van der Waals surface area contributed by atoms with Crippen molar-refractivity contribution in [2.24, 2.45) is 0 Å². The minimum Gasteiger partial charge on any atom is -0.497 e. The van der Waals surface area contributed by atoms with Gasteiger partial charge in [0.25, 0.3) is 0 Å². The van der Waals surface area contributed by atoms with Gasteiger partial charge in [-0.2, -0.15) is 0 Å². The van der Waals surface area contributed by atoms with Gasteiger partial charge in [-0.15, -0.1) is 0 Å². The van der Waals surface area contributed by atoms with Crippen LogP contribution in [0.4, 0.5) is 0 Å². The van der Waals surface area contributed by atoms with Crippen molar-refractivity contribution in [2.75, 3.05) is 20.8 Å². The fourth-order valence-corrected chi connectivity index (χ4v) is 1.58. The molecule has 18 heavy (non-hydrogen) atoms. The molecule has 0 aliphatic carbocycles. The van der Waals surface area contributed by atoms with Gasteiger partial charge in [0.1, 0.15) is 11.9 Å². The fourth-order valence-electron chi connectivity index (χ4n) is 1.58. The van der Waals surface area contributed by atoms with Gasteiger partial charge in [0.15, 0.2) is 0 Å². The smallest absolute Gasteiger partial charge is 0.336 e. The first-order valence-corrected chi connectivity index (χ1v) is 5.66. The lowest BCUT2D eigenvalue weighted by Crippen LogP contribution is -2.15. The number of hydrogen-bond acceptors (Lipinski definition) is 4. The van der Waals surface area contributed by atoms with Crippen molar-refractivity contribution in [2.45, 2.75) is 13.0 Å². The number of carbonyl (C=O) groups is 1. The minimum absolute atomic E-state index is 0.282. The summed E-state index contributed by atoms with van der Waals surface area (Å²) in [6, 6.07) is 7.30. The van der Waals surface area contributed by atoms with Gasteiger partial charge in [0.2, 0.25) is 0 Å². The van der Waals surface area contributed by atoms with Crippen LogP contribution in [0.2, 0.25) is 0 Å². The quantitative estimate of drug-likeness (QED) is 0.575. The summed E-state index contributed by atoms with van der Waals surface area (Å²) in [5, 5.41) is 0. The Morgan fingerprint density at radius 1 is 1.28 bits per heavy atom. The average molecular weight is 250 g/mol. The maximum atomic E-state index is 11.5. The topological polar surface area (TPSA) is 44.8 Å². The number of hydrogen-bond donors (Lipinski definition) is 0. The molecule has 0 amide bonds. The van der Waals surface area contributed by atoms with Crippen molar-refractivity contribution >= 4 is 5.97 Å². The van der Waals surface area contributed by atoms with Gasteiger partial charge in [-0.3, -0.25) is 0 Å². The molecule has 0 aromatic heterocycles. The Labute approximate surface area is 107 Å². The number of methoxy groups -OCH3 is 2. The monoisotopic (exact) mass is 250 g/mol. The molecular weight excluding hydrogens is 232 g/mol. The summed E-state index contributed by atoms with van der Waals surface area (Å²) < 4.78 is 15.3. The molecule has 0 heterocycles. The second kappa shape index (κ2) is 6.81. The van der Waals surface area contributed by atoms with E-state index >= 15 is 0 Å². The highest BCUT2D eigenvalue weighted by atomic mass is 16.5. The van der Waals surface area contributed by atoms with Crippen LogP contribution in [0, 0.1) is 0 Å². The standard InChI is InChI=1S/C14H18O4/c1-5-18-13(10(2)14(15)17-4)11-6-8-12(16-3)9-7-11/h6-9,13H,2,5H2,1,3-4H3. The zero-order valence-electron chi connectivity index (χ0n) is 10.9. The van der Waals surface area contributed by atoms with Crippen molar-refractivity contribution in [1.82, 2.24) is 0 Å². The van der Waals surface area contributed by atoms with Crippen molar-refractivity contribution in [1.29, 1.82) is 0 Å². The first kappa shape index (κ1) is 14.3.